The van der Waals surface area contributed by atoms with Crippen molar-refractivity contribution in [2.45, 2.75) is 27.2 Å². The Kier molecular flexibility index (Phi) is 5.22. The van der Waals surface area contributed by atoms with E-state index in [1.165, 1.54) is 14.8 Å². The first kappa shape index (κ1) is 19.6. The zero-order valence-electron chi connectivity index (χ0n) is 17.3. The Morgan fingerprint density at radius 1 is 0.867 bits per heavy atom. The van der Waals surface area contributed by atoms with E-state index in [-0.39, 0.29) is 17.6 Å². The minimum atomic E-state index is -0.330. The van der Waals surface area contributed by atoms with Crippen molar-refractivity contribution < 1.29 is 9.59 Å². The van der Waals surface area contributed by atoms with Crippen molar-refractivity contribution in [1.82, 2.24) is 25.0 Å². The fourth-order valence-corrected chi connectivity index (χ4v) is 3.59. The first-order valence-electron chi connectivity index (χ1n) is 9.91. The van der Waals surface area contributed by atoms with E-state index in [4.69, 9.17) is 0 Å². The standard InChI is InChI=1S/C22H24N6O2/c1-15-9-7-10-16(2)19(15)23-22(30)27-14-8-13-26(27)21(29)20-17(3)24-28(25-20)18-11-5-4-6-12-18/h4-7,9-12H,8,13-14H2,1-3H3,(H,23,30). The lowest BCUT2D eigenvalue weighted by molar-refractivity contribution is 0.0397. The molecule has 1 saturated heterocycles. The third-order valence-corrected chi connectivity index (χ3v) is 5.19. The Morgan fingerprint density at radius 2 is 1.53 bits per heavy atom. The van der Waals surface area contributed by atoms with Gasteiger partial charge in [0.05, 0.1) is 11.4 Å². The van der Waals surface area contributed by atoms with Crippen molar-refractivity contribution in [1.29, 1.82) is 0 Å². The minimum Gasteiger partial charge on any atom is -0.306 e. The Labute approximate surface area is 175 Å². The van der Waals surface area contributed by atoms with E-state index in [2.05, 4.69) is 15.5 Å². The van der Waals surface area contributed by atoms with E-state index in [1.54, 1.807) is 6.92 Å². The number of hydrogen-bond acceptors (Lipinski definition) is 4. The predicted octanol–water partition coefficient (Wildman–Crippen LogP) is 3.49. The number of amides is 3. The summed E-state index contributed by atoms with van der Waals surface area (Å²) in [5.74, 6) is -0.330. The van der Waals surface area contributed by atoms with Crippen LogP contribution < -0.4 is 5.32 Å². The second kappa shape index (κ2) is 7.98. The van der Waals surface area contributed by atoms with Gasteiger partial charge in [0.1, 0.15) is 0 Å². The Bertz CT molecular complexity index is 1070. The highest BCUT2D eigenvalue weighted by Crippen LogP contribution is 2.22. The average molecular weight is 404 g/mol. The quantitative estimate of drug-likeness (QED) is 0.724. The number of para-hydroxylation sites is 2. The molecule has 3 amide bonds. The first-order valence-corrected chi connectivity index (χ1v) is 9.91. The smallest absolute Gasteiger partial charge is 0.306 e. The largest absolute Gasteiger partial charge is 0.340 e. The summed E-state index contributed by atoms with van der Waals surface area (Å²) in [4.78, 5) is 27.6. The summed E-state index contributed by atoms with van der Waals surface area (Å²) in [6.45, 7) is 6.56. The van der Waals surface area contributed by atoms with E-state index < -0.39 is 0 Å². The van der Waals surface area contributed by atoms with Crippen LogP contribution in [0, 0.1) is 20.8 Å². The summed E-state index contributed by atoms with van der Waals surface area (Å²) in [6, 6.07) is 14.9. The van der Waals surface area contributed by atoms with Crippen molar-refractivity contribution in [2.24, 2.45) is 0 Å². The highest BCUT2D eigenvalue weighted by atomic mass is 16.2. The molecule has 0 aliphatic carbocycles. The molecule has 1 fully saturated rings. The maximum Gasteiger partial charge on any atom is 0.340 e. The number of hydrazine groups is 1. The lowest BCUT2D eigenvalue weighted by atomic mass is 10.1. The second-order valence-electron chi connectivity index (χ2n) is 7.36. The molecule has 0 spiro atoms. The molecule has 4 rings (SSSR count). The molecule has 1 aromatic heterocycles. The van der Waals surface area contributed by atoms with Crippen LogP contribution in [0.15, 0.2) is 48.5 Å². The molecule has 154 valence electrons. The molecule has 2 aromatic carbocycles. The molecule has 2 heterocycles. The number of carbonyl (C=O) groups is 2. The van der Waals surface area contributed by atoms with Crippen LogP contribution in [0.1, 0.15) is 33.7 Å². The Morgan fingerprint density at radius 3 is 2.23 bits per heavy atom. The van der Waals surface area contributed by atoms with Crippen LogP contribution in [-0.2, 0) is 0 Å². The third-order valence-electron chi connectivity index (χ3n) is 5.19. The molecule has 1 N–H and O–H groups in total. The fourth-order valence-electron chi connectivity index (χ4n) is 3.59. The number of carbonyl (C=O) groups excluding carboxylic acids is 2. The molecule has 0 saturated carbocycles. The summed E-state index contributed by atoms with van der Waals surface area (Å²) in [7, 11) is 0. The fraction of sp³-hybridized carbons (Fsp3) is 0.273. The van der Waals surface area contributed by atoms with Crippen LogP contribution in [0.25, 0.3) is 5.69 Å². The highest BCUT2D eigenvalue weighted by Gasteiger charge is 2.34. The molecule has 0 unspecified atom stereocenters. The van der Waals surface area contributed by atoms with Gasteiger partial charge >= 0.3 is 6.03 Å². The SMILES string of the molecule is Cc1cccc(C)c1NC(=O)N1CCCN1C(=O)c1nn(-c2ccccc2)nc1C. The third kappa shape index (κ3) is 3.63. The number of nitrogens with one attached hydrogen (secondary N) is 1. The molecule has 0 bridgehead atoms. The van der Waals surface area contributed by atoms with Crippen LogP contribution in [0.2, 0.25) is 0 Å². The van der Waals surface area contributed by atoms with Crippen molar-refractivity contribution in [2.75, 3.05) is 18.4 Å². The van der Waals surface area contributed by atoms with Gasteiger partial charge in [-0.3, -0.25) is 4.79 Å². The van der Waals surface area contributed by atoms with Crippen molar-refractivity contribution in [3.63, 3.8) is 0 Å². The summed E-state index contributed by atoms with van der Waals surface area (Å²) in [5, 5.41) is 14.6. The van der Waals surface area contributed by atoms with E-state index in [0.29, 0.717) is 25.2 Å². The van der Waals surface area contributed by atoms with E-state index >= 15 is 0 Å². The van der Waals surface area contributed by atoms with Gasteiger partial charge in [0, 0.05) is 18.8 Å². The topological polar surface area (TPSA) is 83.4 Å². The predicted molar refractivity (Wildman–Crippen MR) is 113 cm³/mol. The zero-order valence-corrected chi connectivity index (χ0v) is 17.3. The number of rotatable bonds is 3. The molecule has 8 heteroatoms. The number of anilines is 1. The van der Waals surface area contributed by atoms with Crippen molar-refractivity contribution in [3.05, 3.63) is 71.0 Å². The maximum atomic E-state index is 13.2. The Balaban J connectivity index is 1.56. The maximum absolute atomic E-state index is 13.2. The number of hydrogen-bond donors (Lipinski definition) is 1. The molecular formula is C22H24N6O2. The van der Waals surface area contributed by atoms with Gasteiger partial charge < -0.3 is 5.32 Å². The van der Waals surface area contributed by atoms with Gasteiger partial charge in [-0.2, -0.15) is 9.90 Å². The van der Waals surface area contributed by atoms with E-state index in [0.717, 1.165) is 22.5 Å². The van der Waals surface area contributed by atoms with Gasteiger partial charge in [-0.25, -0.2) is 14.8 Å². The Hall–Kier alpha value is -3.68. The molecule has 1 aliphatic rings. The van der Waals surface area contributed by atoms with Crippen LogP contribution in [-0.4, -0.2) is 50.0 Å². The number of nitrogens with zero attached hydrogens (tertiary/aromatic N) is 5. The molecule has 8 nitrogen and oxygen atoms in total. The summed E-state index contributed by atoms with van der Waals surface area (Å²) >= 11 is 0. The molecule has 0 radical (unpaired) electrons. The second-order valence-corrected chi connectivity index (χ2v) is 7.36. The summed E-state index contributed by atoms with van der Waals surface area (Å²) < 4.78 is 0. The van der Waals surface area contributed by atoms with Crippen LogP contribution in [0.4, 0.5) is 10.5 Å². The van der Waals surface area contributed by atoms with Gasteiger partial charge in [0.2, 0.25) is 0 Å². The van der Waals surface area contributed by atoms with Gasteiger partial charge in [0.25, 0.3) is 5.91 Å². The summed E-state index contributed by atoms with van der Waals surface area (Å²) in [5.41, 5.74) is 4.25. The molecule has 1 aliphatic heterocycles. The van der Waals surface area contributed by atoms with E-state index in [1.807, 2.05) is 62.4 Å². The van der Waals surface area contributed by atoms with Gasteiger partial charge in [-0.1, -0.05) is 36.4 Å². The minimum absolute atomic E-state index is 0.241. The lowest BCUT2D eigenvalue weighted by Crippen LogP contribution is -2.47. The van der Waals surface area contributed by atoms with E-state index in [9.17, 15) is 9.59 Å². The lowest BCUT2D eigenvalue weighted by Gasteiger charge is -2.28. The average Bonchev–Trinajstić information content (AvgIpc) is 3.38. The van der Waals surface area contributed by atoms with Crippen LogP contribution >= 0.6 is 0 Å². The van der Waals surface area contributed by atoms with Crippen LogP contribution in [0.3, 0.4) is 0 Å². The molecule has 3 aromatic rings. The van der Waals surface area contributed by atoms with Crippen molar-refractivity contribution >= 4 is 17.6 Å². The van der Waals surface area contributed by atoms with Gasteiger partial charge in [0.15, 0.2) is 5.69 Å². The summed E-state index contributed by atoms with van der Waals surface area (Å²) in [6.07, 6.45) is 0.706. The number of aromatic nitrogens is 3. The molecule has 0 atom stereocenters. The van der Waals surface area contributed by atoms with Crippen LogP contribution in [0.5, 0.6) is 0 Å². The molecular weight excluding hydrogens is 380 g/mol. The number of benzene rings is 2. The molecule has 30 heavy (non-hydrogen) atoms. The highest BCUT2D eigenvalue weighted by molar-refractivity contribution is 5.97. The van der Waals surface area contributed by atoms with Gasteiger partial charge in [-0.05, 0) is 50.5 Å². The zero-order chi connectivity index (χ0) is 21.3. The number of urea groups is 1. The van der Waals surface area contributed by atoms with Crippen molar-refractivity contribution in [3.8, 4) is 5.69 Å². The van der Waals surface area contributed by atoms with Gasteiger partial charge in [-0.15, -0.1) is 5.10 Å². The normalized spacial score (nSPS) is 13.6. The first-order chi connectivity index (χ1) is 14.5. The monoisotopic (exact) mass is 404 g/mol. The number of aryl methyl sites for hydroxylation is 3.